The van der Waals surface area contributed by atoms with Crippen molar-refractivity contribution in [1.29, 1.82) is 0 Å². The van der Waals surface area contributed by atoms with Gasteiger partial charge in [-0.1, -0.05) is 36.4 Å². The Labute approximate surface area is 226 Å². The molecule has 0 bridgehead atoms. The lowest BCUT2D eigenvalue weighted by Crippen LogP contribution is -2.29. The maximum Gasteiger partial charge on any atom is 0.490 e. The minimum absolute atomic E-state index is 0.388. The maximum absolute atomic E-state index is 10.6. The zero-order valence-corrected chi connectivity index (χ0v) is 21.1. The van der Waals surface area contributed by atoms with E-state index in [2.05, 4.69) is 38.4 Å². The minimum atomic E-state index is -5.08. The highest BCUT2D eigenvalue weighted by Gasteiger charge is 2.38. The van der Waals surface area contributed by atoms with Crippen LogP contribution in [0.25, 0.3) is 44.8 Å². The first-order chi connectivity index (χ1) is 19.2. The summed E-state index contributed by atoms with van der Waals surface area (Å²) in [6.45, 7) is 2.05. The van der Waals surface area contributed by atoms with Gasteiger partial charge in [0.05, 0.1) is 17.8 Å². The van der Waals surface area contributed by atoms with Crippen molar-refractivity contribution in [2.45, 2.75) is 25.1 Å². The number of benzene rings is 2. The van der Waals surface area contributed by atoms with Crippen molar-refractivity contribution in [3.8, 4) is 33.7 Å². The number of fused-ring (bicyclic) bond motifs is 1. The Morgan fingerprint density at radius 2 is 1.73 bits per heavy atom. The number of aliphatic carboxylic acids is 1. The number of alkyl halides is 3. The number of nitrogen functional groups attached to an aromatic ring is 1. The van der Waals surface area contributed by atoms with Gasteiger partial charge in [0, 0.05) is 23.5 Å². The van der Waals surface area contributed by atoms with Crippen LogP contribution >= 0.6 is 0 Å². The summed E-state index contributed by atoms with van der Waals surface area (Å²) in [6.07, 6.45) is 2.83. The van der Waals surface area contributed by atoms with Gasteiger partial charge in [0.2, 0.25) is 5.89 Å². The van der Waals surface area contributed by atoms with Gasteiger partial charge in [-0.05, 0) is 55.3 Å². The number of hydrogen-bond acceptors (Lipinski definition) is 7. The number of carboxylic acids is 1. The molecule has 2 aromatic carbocycles. The average Bonchev–Trinajstić information content (AvgIpc) is 3.62. The summed E-state index contributed by atoms with van der Waals surface area (Å²) in [6, 6.07) is 18.7. The number of carbonyl (C=O) groups is 1. The van der Waals surface area contributed by atoms with E-state index in [4.69, 9.17) is 25.0 Å². The standard InChI is InChI=1S/C26H24N6O.C2HF3O2/c27-25-22(12-19(14-29-25)20-15-30-32(16-20)21-8-10-28-11-9-21)26-31-23-13-18(6-7-24(23)33-26)17-4-2-1-3-5-17;3-2(4,5)1(6)7/h1-7,12-16,21,28H,8-11H2,(H2,27,29);(H,6,7). The lowest BCUT2D eigenvalue weighted by Gasteiger charge is -2.22. The van der Waals surface area contributed by atoms with Crippen molar-refractivity contribution in [1.82, 2.24) is 25.1 Å². The first kappa shape index (κ1) is 26.9. The lowest BCUT2D eigenvalue weighted by molar-refractivity contribution is -0.192. The van der Waals surface area contributed by atoms with Gasteiger partial charge in [0.25, 0.3) is 0 Å². The number of nitrogens with one attached hydrogen (secondary N) is 1. The molecule has 206 valence electrons. The Morgan fingerprint density at radius 1 is 1.00 bits per heavy atom. The molecule has 0 atom stereocenters. The van der Waals surface area contributed by atoms with Gasteiger partial charge in [-0.2, -0.15) is 18.3 Å². The van der Waals surface area contributed by atoms with Gasteiger partial charge in [0.15, 0.2) is 5.58 Å². The number of piperidine rings is 1. The molecule has 1 aliphatic rings. The fourth-order valence-electron chi connectivity index (χ4n) is 4.42. The summed E-state index contributed by atoms with van der Waals surface area (Å²) < 4.78 is 39.9. The number of aromatic nitrogens is 4. The van der Waals surface area contributed by atoms with Gasteiger partial charge < -0.3 is 20.6 Å². The van der Waals surface area contributed by atoms with Crippen molar-refractivity contribution < 1.29 is 27.5 Å². The zero-order chi connectivity index (χ0) is 28.3. The van der Waals surface area contributed by atoms with E-state index in [1.165, 1.54) is 0 Å². The van der Waals surface area contributed by atoms with Crippen molar-refractivity contribution in [2.24, 2.45) is 0 Å². The van der Waals surface area contributed by atoms with Crippen LogP contribution in [0.15, 0.2) is 77.6 Å². The van der Waals surface area contributed by atoms with E-state index in [0.29, 0.717) is 28.9 Å². The normalized spacial score (nSPS) is 14.1. The quantitative estimate of drug-likeness (QED) is 0.265. The van der Waals surface area contributed by atoms with Crippen LogP contribution in [0, 0.1) is 0 Å². The Morgan fingerprint density at radius 3 is 2.42 bits per heavy atom. The van der Waals surface area contributed by atoms with Gasteiger partial charge in [-0.25, -0.2) is 14.8 Å². The molecule has 4 N–H and O–H groups in total. The smallest absolute Gasteiger partial charge is 0.475 e. The molecule has 1 saturated heterocycles. The van der Waals surface area contributed by atoms with Gasteiger partial charge >= 0.3 is 12.1 Å². The second-order valence-electron chi connectivity index (χ2n) is 9.22. The van der Waals surface area contributed by atoms with Crippen LogP contribution in [0.2, 0.25) is 0 Å². The van der Waals surface area contributed by atoms with Crippen molar-refractivity contribution in [3.63, 3.8) is 0 Å². The molecule has 1 fully saturated rings. The Balaban J connectivity index is 0.000000411. The van der Waals surface area contributed by atoms with E-state index in [1.54, 1.807) is 6.20 Å². The molecule has 0 amide bonds. The fourth-order valence-corrected chi connectivity index (χ4v) is 4.42. The molecular formula is C28H25F3N6O3. The highest BCUT2D eigenvalue weighted by atomic mass is 19.4. The first-order valence-electron chi connectivity index (χ1n) is 12.5. The Kier molecular flexibility index (Phi) is 7.52. The largest absolute Gasteiger partial charge is 0.490 e. The highest BCUT2D eigenvalue weighted by molar-refractivity contribution is 5.84. The summed E-state index contributed by atoms with van der Waals surface area (Å²) in [5.41, 5.74) is 12.6. The number of nitrogens with two attached hydrogens (primary N) is 1. The zero-order valence-electron chi connectivity index (χ0n) is 21.1. The summed E-state index contributed by atoms with van der Waals surface area (Å²) in [5.74, 6) is -1.90. The van der Waals surface area contributed by atoms with Crippen LogP contribution in [0.5, 0.6) is 0 Å². The van der Waals surface area contributed by atoms with E-state index >= 15 is 0 Å². The summed E-state index contributed by atoms with van der Waals surface area (Å²) in [7, 11) is 0. The average molecular weight is 551 g/mol. The lowest BCUT2D eigenvalue weighted by atomic mass is 10.1. The third kappa shape index (κ3) is 5.96. The molecule has 12 heteroatoms. The van der Waals surface area contributed by atoms with E-state index < -0.39 is 12.1 Å². The van der Waals surface area contributed by atoms with Crippen LogP contribution < -0.4 is 11.1 Å². The molecule has 0 aliphatic carbocycles. The van der Waals surface area contributed by atoms with E-state index in [9.17, 15) is 13.2 Å². The molecule has 40 heavy (non-hydrogen) atoms. The highest BCUT2D eigenvalue weighted by Crippen LogP contribution is 2.33. The summed E-state index contributed by atoms with van der Waals surface area (Å²) >= 11 is 0. The van der Waals surface area contributed by atoms with E-state index in [0.717, 1.165) is 53.7 Å². The topological polar surface area (TPSA) is 132 Å². The monoisotopic (exact) mass is 550 g/mol. The maximum atomic E-state index is 10.6. The molecule has 0 radical (unpaired) electrons. The second kappa shape index (κ2) is 11.2. The van der Waals surface area contributed by atoms with Crippen LogP contribution in [0.1, 0.15) is 18.9 Å². The Bertz CT molecular complexity index is 1630. The molecular weight excluding hydrogens is 525 g/mol. The molecule has 0 saturated carbocycles. The van der Waals surface area contributed by atoms with Crippen molar-refractivity contribution in [2.75, 3.05) is 18.8 Å². The predicted molar refractivity (Wildman–Crippen MR) is 143 cm³/mol. The number of carboxylic acid groups (broad SMARTS) is 1. The summed E-state index contributed by atoms with van der Waals surface area (Å²) in [4.78, 5) is 18.0. The molecule has 0 spiro atoms. The molecule has 0 unspecified atom stereocenters. The number of rotatable bonds is 4. The Hall–Kier alpha value is -4.71. The van der Waals surface area contributed by atoms with Crippen LogP contribution in [-0.2, 0) is 4.79 Å². The third-order valence-electron chi connectivity index (χ3n) is 6.50. The van der Waals surface area contributed by atoms with Crippen LogP contribution in [0.3, 0.4) is 0 Å². The SMILES string of the molecule is Nc1ncc(-c2cnn(C3CCNCC3)c2)cc1-c1nc2cc(-c3ccccc3)ccc2o1.O=C(O)C(F)(F)F. The second-order valence-corrected chi connectivity index (χ2v) is 9.22. The predicted octanol–water partition coefficient (Wildman–Crippen LogP) is 5.56. The molecule has 4 heterocycles. The van der Waals surface area contributed by atoms with Gasteiger partial charge in [-0.3, -0.25) is 4.68 Å². The number of oxazole rings is 1. The summed E-state index contributed by atoms with van der Waals surface area (Å²) in [5, 5.41) is 15.1. The minimum Gasteiger partial charge on any atom is -0.475 e. The molecule has 1 aliphatic heterocycles. The van der Waals surface area contributed by atoms with Crippen molar-refractivity contribution >= 4 is 22.9 Å². The van der Waals surface area contributed by atoms with Gasteiger partial charge in [0.1, 0.15) is 11.3 Å². The number of hydrogen-bond donors (Lipinski definition) is 3. The van der Waals surface area contributed by atoms with Crippen LogP contribution in [-0.4, -0.2) is 50.1 Å². The van der Waals surface area contributed by atoms with Gasteiger partial charge in [-0.15, -0.1) is 0 Å². The molecule has 5 aromatic rings. The molecule has 3 aromatic heterocycles. The molecule has 6 rings (SSSR count). The number of pyridine rings is 1. The first-order valence-corrected chi connectivity index (χ1v) is 12.5. The number of nitrogens with zero attached hydrogens (tertiary/aromatic N) is 4. The third-order valence-corrected chi connectivity index (χ3v) is 6.50. The number of anilines is 1. The van der Waals surface area contributed by atoms with Crippen molar-refractivity contribution in [3.05, 3.63) is 73.2 Å². The fraction of sp³-hybridized carbons (Fsp3) is 0.214. The van der Waals surface area contributed by atoms with Crippen LogP contribution in [0.4, 0.5) is 19.0 Å². The molecule has 9 nitrogen and oxygen atoms in total. The van der Waals surface area contributed by atoms with E-state index in [-0.39, 0.29) is 0 Å². The van der Waals surface area contributed by atoms with E-state index in [1.807, 2.05) is 48.7 Å². The number of halogens is 3.